The van der Waals surface area contributed by atoms with Crippen LogP contribution in [-0.2, 0) is 16.4 Å². The summed E-state index contributed by atoms with van der Waals surface area (Å²) in [5.74, 6) is 0.385. The Bertz CT molecular complexity index is 521. The number of hydrogen-bond acceptors (Lipinski definition) is 3. The Balaban J connectivity index is 2.08. The molecule has 1 fully saturated rings. The van der Waals surface area contributed by atoms with Gasteiger partial charge in [0.15, 0.2) is 0 Å². The van der Waals surface area contributed by atoms with Gasteiger partial charge in [0.2, 0.25) is 10.0 Å². The molecule has 0 spiro atoms. The Labute approximate surface area is 121 Å². The number of sulfonamides is 1. The Morgan fingerprint density at radius 2 is 1.95 bits per heavy atom. The third kappa shape index (κ3) is 4.04. The van der Waals surface area contributed by atoms with E-state index >= 15 is 0 Å². The molecule has 1 unspecified atom stereocenters. The molecule has 1 aliphatic carbocycles. The first-order valence-electron chi connectivity index (χ1n) is 7.29. The lowest BCUT2D eigenvalue weighted by molar-refractivity contribution is 0.265. The van der Waals surface area contributed by atoms with Crippen LogP contribution in [-0.4, -0.2) is 26.2 Å². The number of rotatable bonds is 8. The van der Waals surface area contributed by atoms with Crippen LogP contribution in [0.2, 0.25) is 0 Å². The fourth-order valence-electron chi connectivity index (χ4n) is 2.42. The zero-order valence-corrected chi connectivity index (χ0v) is 12.7. The van der Waals surface area contributed by atoms with Gasteiger partial charge in [-0.3, -0.25) is 0 Å². The molecule has 1 saturated carbocycles. The molecule has 5 heteroatoms. The van der Waals surface area contributed by atoms with E-state index in [0.717, 1.165) is 31.2 Å². The van der Waals surface area contributed by atoms with E-state index in [1.54, 1.807) is 12.1 Å². The first-order valence-corrected chi connectivity index (χ1v) is 8.77. The van der Waals surface area contributed by atoms with Crippen LogP contribution in [0.15, 0.2) is 29.2 Å². The summed E-state index contributed by atoms with van der Waals surface area (Å²) in [7, 11) is -3.48. The van der Waals surface area contributed by atoms with Gasteiger partial charge in [-0.15, -0.1) is 0 Å². The average molecular weight is 297 g/mol. The highest BCUT2D eigenvalue weighted by atomic mass is 32.2. The topological polar surface area (TPSA) is 66.4 Å². The lowest BCUT2D eigenvalue weighted by Crippen LogP contribution is -2.37. The molecule has 2 rings (SSSR count). The molecule has 4 nitrogen and oxygen atoms in total. The van der Waals surface area contributed by atoms with Gasteiger partial charge in [-0.1, -0.05) is 25.5 Å². The number of aliphatic hydroxyl groups is 1. The van der Waals surface area contributed by atoms with E-state index in [-0.39, 0.29) is 12.6 Å². The van der Waals surface area contributed by atoms with E-state index in [4.69, 9.17) is 5.11 Å². The lowest BCUT2D eigenvalue weighted by atomic mass is 10.1. The summed E-state index contributed by atoms with van der Waals surface area (Å²) in [6.45, 7) is 2.11. The van der Waals surface area contributed by atoms with Crippen LogP contribution in [0.4, 0.5) is 0 Å². The maximum atomic E-state index is 12.3. The maximum Gasteiger partial charge on any atom is 0.240 e. The number of nitrogens with one attached hydrogen (secondary N) is 1. The first-order chi connectivity index (χ1) is 9.56. The fraction of sp³-hybridized carbons (Fsp3) is 0.600. The molecule has 0 heterocycles. The third-order valence-electron chi connectivity index (χ3n) is 3.71. The molecular formula is C15H23NO3S. The maximum absolute atomic E-state index is 12.3. The minimum atomic E-state index is -3.48. The zero-order valence-electron chi connectivity index (χ0n) is 11.9. The van der Waals surface area contributed by atoms with Gasteiger partial charge >= 0.3 is 0 Å². The molecule has 0 aliphatic heterocycles. The Hall–Kier alpha value is -0.910. The largest absolute Gasteiger partial charge is 0.396 e. The molecule has 0 saturated heterocycles. The molecule has 0 radical (unpaired) electrons. The summed E-state index contributed by atoms with van der Waals surface area (Å²) in [5, 5.41) is 9.04. The zero-order chi connectivity index (χ0) is 14.6. The molecule has 20 heavy (non-hydrogen) atoms. The van der Waals surface area contributed by atoms with Gasteiger partial charge < -0.3 is 5.11 Å². The highest BCUT2D eigenvalue weighted by Crippen LogP contribution is 2.34. The van der Waals surface area contributed by atoms with Gasteiger partial charge in [0.05, 0.1) is 4.90 Å². The number of aliphatic hydroxyl groups excluding tert-OH is 1. The highest BCUT2D eigenvalue weighted by molar-refractivity contribution is 7.89. The summed E-state index contributed by atoms with van der Waals surface area (Å²) in [6, 6.07) is 6.93. The smallest absolute Gasteiger partial charge is 0.240 e. The Kier molecular flexibility index (Phi) is 5.18. The number of hydrogen-bond donors (Lipinski definition) is 2. The quantitative estimate of drug-likeness (QED) is 0.772. The van der Waals surface area contributed by atoms with Gasteiger partial charge in [-0.05, 0) is 49.3 Å². The summed E-state index contributed by atoms with van der Waals surface area (Å²) in [6.07, 6.45) is 4.58. The van der Waals surface area contributed by atoms with E-state index in [1.807, 2.05) is 12.1 Å². The standard InChI is InChI=1S/C15H23NO3S/c1-2-3-12-4-8-14(9-5-12)20(18,19)16-15(10-11-17)13-6-7-13/h4-5,8-9,13,15-17H,2-3,6-7,10-11H2,1H3. The SMILES string of the molecule is CCCc1ccc(S(=O)(=O)NC(CCO)C2CC2)cc1. The van der Waals surface area contributed by atoms with Gasteiger partial charge in [0, 0.05) is 12.6 Å². The second-order valence-corrected chi connectivity index (χ2v) is 7.19. The average Bonchev–Trinajstić information content (AvgIpc) is 3.23. The molecule has 1 aromatic rings. The second-order valence-electron chi connectivity index (χ2n) is 5.47. The van der Waals surface area contributed by atoms with Crippen LogP contribution in [0, 0.1) is 5.92 Å². The lowest BCUT2D eigenvalue weighted by Gasteiger charge is -2.17. The first kappa shape index (κ1) is 15.5. The monoisotopic (exact) mass is 297 g/mol. The second kappa shape index (κ2) is 6.70. The van der Waals surface area contributed by atoms with Crippen LogP contribution < -0.4 is 4.72 Å². The predicted octanol–water partition coefficient (Wildman–Crippen LogP) is 2.08. The molecule has 0 amide bonds. The Morgan fingerprint density at radius 1 is 1.30 bits per heavy atom. The van der Waals surface area contributed by atoms with Crippen molar-refractivity contribution < 1.29 is 13.5 Å². The van der Waals surface area contributed by atoms with Gasteiger partial charge in [-0.2, -0.15) is 0 Å². The van der Waals surface area contributed by atoms with E-state index in [0.29, 0.717) is 17.2 Å². The van der Waals surface area contributed by atoms with Crippen molar-refractivity contribution in [2.24, 2.45) is 5.92 Å². The number of benzene rings is 1. The molecule has 0 aromatic heterocycles. The summed E-state index contributed by atoms with van der Waals surface area (Å²) < 4.78 is 27.4. The van der Waals surface area contributed by atoms with E-state index < -0.39 is 10.0 Å². The minimum absolute atomic E-state index is 0.0130. The van der Waals surface area contributed by atoms with Crippen molar-refractivity contribution in [2.75, 3.05) is 6.61 Å². The van der Waals surface area contributed by atoms with E-state index in [9.17, 15) is 8.42 Å². The molecule has 2 N–H and O–H groups in total. The molecule has 112 valence electrons. The van der Waals surface area contributed by atoms with Crippen LogP contribution in [0.3, 0.4) is 0 Å². The fourth-order valence-corrected chi connectivity index (χ4v) is 3.76. The van der Waals surface area contributed by atoms with Gasteiger partial charge in [0.1, 0.15) is 0 Å². The van der Waals surface area contributed by atoms with Crippen molar-refractivity contribution >= 4 is 10.0 Å². The van der Waals surface area contributed by atoms with Crippen molar-refractivity contribution in [2.45, 2.75) is 50.0 Å². The van der Waals surface area contributed by atoms with Crippen LogP contribution in [0.5, 0.6) is 0 Å². The van der Waals surface area contributed by atoms with Crippen molar-refractivity contribution in [3.8, 4) is 0 Å². The molecule has 1 aliphatic rings. The molecular weight excluding hydrogens is 274 g/mol. The van der Waals surface area contributed by atoms with Crippen molar-refractivity contribution in [3.63, 3.8) is 0 Å². The van der Waals surface area contributed by atoms with Gasteiger partial charge in [-0.25, -0.2) is 13.1 Å². The normalized spacial score (nSPS) is 17.1. The number of aryl methyl sites for hydroxylation is 1. The summed E-state index contributed by atoms with van der Waals surface area (Å²) >= 11 is 0. The van der Waals surface area contributed by atoms with E-state index in [1.165, 1.54) is 0 Å². The molecule has 1 aromatic carbocycles. The van der Waals surface area contributed by atoms with Crippen LogP contribution in [0.1, 0.15) is 38.2 Å². The Morgan fingerprint density at radius 3 is 2.45 bits per heavy atom. The summed E-state index contributed by atoms with van der Waals surface area (Å²) in [5.41, 5.74) is 1.15. The van der Waals surface area contributed by atoms with Gasteiger partial charge in [0.25, 0.3) is 0 Å². The third-order valence-corrected chi connectivity index (χ3v) is 5.22. The minimum Gasteiger partial charge on any atom is -0.396 e. The van der Waals surface area contributed by atoms with Crippen molar-refractivity contribution in [1.82, 2.24) is 4.72 Å². The van der Waals surface area contributed by atoms with Crippen LogP contribution in [0.25, 0.3) is 0 Å². The highest BCUT2D eigenvalue weighted by Gasteiger charge is 2.33. The predicted molar refractivity (Wildman–Crippen MR) is 79.0 cm³/mol. The van der Waals surface area contributed by atoms with Crippen LogP contribution >= 0.6 is 0 Å². The van der Waals surface area contributed by atoms with Crippen molar-refractivity contribution in [3.05, 3.63) is 29.8 Å². The van der Waals surface area contributed by atoms with Crippen molar-refractivity contribution in [1.29, 1.82) is 0 Å². The molecule has 1 atom stereocenters. The van der Waals surface area contributed by atoms with E-state index in [2.05, 4.69) is 11.6 Å². The molecule has 0 bridgehead atoms. The summed E-state index contributed by atoms with van der Waals surface area (Å²) in [4.78, 5) is 0.306.